The van der Waals surface area contributed by atoms with Crippen LogP contribution in [0.25, 0.3) is 0 Å². The Labute approximate surface area is 182 Å². The van der Waals surface area contributed by atoms with Crippen LogP contribution in [0.1, 0.15) is 56.1 Å². The van der Waals surface area contributed by atoms with E-state index in [4.69, 9.17) is 0 Å². The molecule has 2 amide bonds. The van der Waals surface area contributed by atoms with Crippen molar-refractivity contribution in [1.29, 1.82) is 0 Å². The van der Waals surface area contributed by atoms with Crippen LogP contribution in [0.15, 0.2) is 48.5 Å². The summed E-state index contributed by atoms with van der Waals surface area (Å²) in [6.45, 7) is 8.10. The van der Waals surface area contributed by atoms with E-state index in [1.165, 1.54) is 0 Å². The van der Waals surface area contributed by atoms with Gasteiger partial charge in [-0.25, -0.2) is 0 Å². The van der Waals surface area contributed by atoms with E-state index in [0.717, 1.165) is 48.4 Å². The molecule has 0 bridgehead atoms. The number of carbonyl (C=O) groups is 2. The Morgan fingerprint density at radius 3 is 2.45 bits per heavy atom. The van der Waals surface area contributed by atoms with Crippen molar-refractivity contribution in [3.8, 4) is 0 Å². The highest BCUT2D eigenvalue weighted by Crippen LogP contribution is 2.23. The van der Waals surface area contributed by atoms with E-state index in [0.29, 0.717) is 23.4 Å². The number of nitrogens with one attached hydrogen (secondary N) is 1. The second-order valence-corrected chi connectivity index (χ2v) is 8.22. The van der Waals surface area contributed by atoms with Crippen molar-refractivity contribution in [1.82, 2.24) is 14.7 Å². The summed E-state index contributed by atoms with van der Waals surface area (Å²) < 4.78 is 1.93. The molecule has 1 fully saturated rings. The van der Waals surface area contributed by atoms with Gasteiger partial charge in [-0.1, -0.05) is 18.2 Å². The van der Waals surface area contributed by atoms with Crippen LogP contribution in [-0.4, -0.2) is 39.6 Å². The Kier molecular flexibility index (Phi) is 5.89. The maximum Gasteiger partial charge on any atom is 0.255 e. The number of aromatic nitrogens is 2. The number of likely N-dealkylation sites (tertiary alicyclic amines) is 1. The maximum atomic E-state index is 13.0. The van der Waals surface area contributed by atoms with Crippen molar-refractivity contribution in [3.63, 3.8) is 0 Å². The van der Waals surface area contributed by atoms with Crippen molar-refractivity contribution >= 4 is 17.5 Å². The molecule has 6 heteroatoms. The zero-order valence-electron chi connectivity index (χ0n) is 18.3. The molecule has 4 rings (SSSR count). The predicted octanol–water partition coefficient (Wildman–Crippen LogP) is 4.34. The lowest BCUT2D eigenvalue weighted by Crippen LogP contribution is -2.28. The zero-order valence-corrected chi connectivity index (χ0v) is 18.3. The molecule has 3 aromatic rings. The highest BCUT2D eigenvalue weighted by atomic mass is 16.2. The van der Waals surface area contributed by atoms with Crippen molar-refractivity contribution in [3.05, 3.63) is 82.2 Å². The van der Waals surface area contributed by atoms with E-state index in [-0.39, 0.29) is 11.8 Å². The largest absolute Gasteiger partial charge is 0.339 e. The third kappa shape index (κ3) is 4.53. The highest BCUT2D eigenvalue weighted by molar-refractivity contribution is 6.06. The number of rotatable bonds is 5. The van der Waals surface area contributed by atoms with Gasteiger partial charge in [-0.15, -0.1) is 0 Å². The summed E-state index contributed by atoms with van der Waals surface area (Å²) in [5.74, 6) is -0.151. The topological polar surface area (TPSA) is 67.2 Å². The highest BCUT2D eigenvalue weighted by Gasteiger charge is 2.22. The first-order valence-electron chi connectivity index (χ1n) is 10.7. The molecule has 1 saturated heterocycles. The van der Waals surface area contributed by atoms with Crippen molar-refractivity contribution in [2.75, 3.05) is 18.4 Å². The molecule has 0 aliphatic carbocycles. The molecule has 31 heavy (non-hydrogen) atoms. The fourth-order valence-corrected chi connectivity index (χ4v) is 4.11. The molecule has 0 saturated carbocycles. The average molecular weight is 417 g/mol. The van der Waals surface area contributed by atoms with Gasteiger partial charge in [-0.3, -0.25) is 14.3 Å². The van der Waals surface area contributed by atoms with Gasteiger partial charge in [0.25, 0.3) is 11.8 Å². The maximum absolute atomic E-state index is 13.0. The molecule has 0 spiro atoms. The number of hydrogen-bond donors (Lipinski definition) is 1. The molecule has 0 unspecified atom stereocenters. The second-order valence-electron chi connectivity index (χ2n) is 8.22. The lowest BCUT2D eigenvalue weighted by atomic mass is 10.0. The van der Waals surface area contributed by atoms with Gasteiger partial charge in [0.05, 0.1) is 12.2 Å². The van der Waals surface area contributed by atoms with Crippen molar-refractivity contribution < 1.29 is 9.59 Å². The Morgan fingerprint density at radius 1 is 1.00 bits per heavy atom. The monoisotopic (exact) mass is 416 g/mol. The minimum atomic E-state index is -0.191. The smallest absolute Gasteiger partial charge is 0.255 e. The first kappa shape index (κ1) is 20.8. The molecular formula is C25H28N4O2. The first-order chi connectivity index (χ1) is 14.9. The fourth-order valence-electron chi connectivity index (χ4n) is 4.11. The van der Waals surface area contributed by atoms with Gasteiger partial charge in [0.1, 0.15) is 0 Å². The number of nitrogens with zero attached hydrogens (tertiary/aromatic N) is 3. The number of hydrogen-bond acceptors (Lipinski definition) is 3. The van der Waals surface area contributed by atoms with Gasteiger partial charge >= 0.3 is 0 Å². The van der Waals surface area contributed by atoms with Crippen molar-refractivity contribution in [2.45, 2.75) is 40.2 Å². The Hall–Kier alpha value is -3.41. The molecule has 1 aliphatic heterocycles. The van der Waals surface area contributed by atoms with Crippen LogP contribution in [0, 0.1) is 20.8 Å². The van der Waals surface area contributed by atoms with E-state index in [1.54, 1.807) is 6.07 Å². The van der Waals surface area contributed by atoms with Gasteiger partial charge in [0.2, 0.25) is 0 Å². The lowest BCUT2D eigenvalue weighted by Gasteiger charge is -2.18. The summed E-state index contributed by atoms with van der Waals surface area (Å²) in [5.41, 5.74) is 5.76. The molecular weight excluding hydrogens is 388 g/mol. The van der Waals surface area contributed by atoms with Crippen LogP contribution in [0.4, 0.5) is 5.69 Å². The van der Waals surface area contributed by atoms with E-state index in [2.05, 4.69) is 10.4 Å². The Morgan fingerprint density at radius 2 is 1.74 bits per heavy atom. The van der Waals surface area contributed by atoms with Gasteiger partial charge in [0, 0.05) is 35.6 Å². The number of aryl methyl sites for hydroxylation is 2. The summed E-state index contributed by atoms with van der Waals surface area (Å²) >= 11 is 0. The quantitative estimate of drug-likeness (QED) is 0.673. The standard InChI is InChI=1S/C25H28N4O2/c1-17-14-18(2)29(27-17)16-20-8-6-9-21(15-20)24(30)26-23-11-7-10-22(19(23)3)25(31)28-12-4-5-13-28/h6-11,14-15H,4-5,12-13,16H2,1-3H3,(H,26,30). The lowest BCUT2D eigenvalue weighted by molar-refractivity contribution is 0.0791. The van der Waals surface area contributed by atoms with Crippen LogP contribution < -0.4 is 5.32 Å². The summed E-state index contributed by atoms with van der Waals surface area (Å²) in [5, 5.41) is 7.49. The number of benzene rings is 2. The molecule has 2 aromatic carbocycles. The molecule has 160 valence electrons. The number of amides is 2. The molecule has 6 nitrogen and oxygen atoms in total. The van der Waals surface area contributed by atoms with Crippen LogP contribution in [0.5, 0.6) is 0 Å². The van der Waals surface area contributed by atoms with Gasteiger partial charge in [0.15, 0.2) is 0 Å². The first-order valence-corrected chi connectivity index (χ1v) is 10.7. The molecule has 1 aromatic heterocycles. The van der Waals surface area contributed by atoms with Crippen LogP contribution in [-0.2, 0) is 6.54 Å². The zero-order chi connectivity index (χ0) is 22.0. The van der Waals surface area contributed by atoms with Crippen molar-refractivity contribution in [2.24, 2.45) is 0 Å². The fraction of sp³-hybridized carbons (Fsp3) is 0.320. The average Bonchev–Trinajstić information content (AvgIpc) is 3.39. The minimum absolute atomic E-state index is 0.0398. The predicted molar refractivity (Wildman–Crippen MR) is 122 cm³/mol. The summed E-state index contributed by atoms with van der Waals surface area (Å²) in [7, 11) is 0. The summed E-state index contributed by atoms with van der Waals surface area (Å²) in [4.78, 5) is 27.7. The van der Waals surface area contributed by atoms with Crippen LogP contribution in [0.2, 0.25) is 0 Å². The number of carbonyl (C=O) groups excluding carboxylic acids is 2. The molecule has 1 N–H and O–H groups in total. The van der Waals surface area contributed by atoms with E-state index in [9.17, 15) is 9.59 Å². The number of anilines is 1. The molecule has 0 atom stereocenters. The summed E-state index contributed by atoms with van der Waals surface area (Å²) in [6, 6.07) is 15.1. The Bertz CT molecular complexity index is 1130. The van der Waals surface area contributed by atoms with Gasteiger partial charge in [-0.05, 0) is 75.1 Å². The Balaban J connectivity index is 1.51. The van der Waals surface area contributed by atoms with Crippen LogP contribution in [0.3, 0.4) is 0 Å². The van der Waals surface area contributed by atoms with Crippen LogP contribution >= 0.6 is 0 Å². The second kappa shape index (κ2) is 8.76. The molecule has 1 aliphatic rings. The normalized spacial score (nSPS) is 13.5. The van der Waals surface area contributed by atoms with E-state index < -0.39 is 0 Å². The van der Waals surface area contributed by atoms with E-state index >= 15 is 0 Å². The van der Waals surface area contributed by atoms with E-state index in [1.807, 2.05) is 72.8 Å². The molecule has 0 radical (unpaired) electrons. The molecule has 2 heterocycles. The van der Waals surface area contributed by atoms with Gasteiger partial charge < -0.3 is 10.2 Å². The third-order valence-corrected chi connectivity index (χ3v) is 5.83. The summed E-state index contributed by atoms with van der Waals surface area (Å²) in [6.07, 6.45) is 2.10. The van der Waals surface area contributed by atoms with Gasteiger partial charge in [-0.2, -0.15) is 5.10 Å². The minimum Gasteiger partial charge on any atom is -0.339 e. The third-order valence-electron chi connectivity index (χ3n) is 5.83. The SMILES string of the molecule is Cc1cc(C)n(Cc2cccc(C(=O)Nc3cccc(C(=O)N4CCCC4)c3C)c2)n1.